The molecule has 0 bridgehead atoms. The Morgan fingerprint density at radius 2 is 2.28 bits per heavy atom. The molecule has 0 saturated carbocycles. The zero-order valence-corrected chi connectivity index (χ0v) is 18.7. The van der Waals surface area contributed by atoms with Gasteiger partial charge in [-0.3, -0.25) is 0 Å². The van der Waals surface area contributed by atoms with Crippen molar-refractivity contribution in [2.75, 3.05) is 25.6 Å². The van der Waals surface area contributed by atoms with Crippen LogP contribution in [0.5, 0.6) is 5.88 Å². The maximum atomic E-state index is 13.2. The molecule has 32 heavy (non-hydrogen) atoms. The largest absolute Gasteiger partial charge is 0.476 e. The highest BCUT2D eigenvalue weighted by molar-refractivity contribution is 7.91. The molecule has 1 aromatic heterocycles. The number of anilines is 1. The number of fused-ring (bicyclic) bond motifs is 3. The lowest BCUT2D eigenvalue weighted by Crippen LogP contribution is -2.29. The van der Waals surface area contributed by atoms with Gasteiger partial charge in [-0.25, -0.2) is 18.8 Å². The fraction of sp³-hybridized carbons (Fsp3) is 0.524. The Morgan fingerprint density at radius 1 is 1.44 bits per heavy atom. The Morgan fingerprint density at radius 3 is 3.09 bits per heavy atom. The van der Waals surface area contributed by atoms with E-state index in [9.17, 15) is 14.1 Å². The number of ether oxygens (including phenoxy) is 2. The van der Waals surface area contributed by atoms with Crippen LogP contribution in [-0.4, -0.2) is 45.5 Å². The molecule has 2 heterocycles. The van der Waals surface area contributed by atoms with Crippen LogP contribution in [0.25, 0.3) is 0 Å². The van der Waals surface area contributed by atoms with Crippen LogP contribution in [0.15, 0.2) is 21.5 Å². The van der Waals surface area contributed by atoms with E-state index < -0.39 is 22.1 Å². The Kier molecular flexibility index (Phi) is 5.44. The quantitative estimate of drug-likeness (QED) is 0.635. The van der Waals surface area contributed by atoms with Gasteiger partial charge in [0, 0.05) is 18.7 Å². The summed E-state index contributed by atoms with van der Waals surface area (Å²) < 4.78 is 29.5. The average Bonchev–Trinajstić information content (AvgIpc) is 3.46. The van der Waals surface area contributed by atoms with Crippen molar-refractivity contribution < 1.29 is 23.6 Å². The zero-order chi connectivity index (χ0) is 22.5. The second-order valence-electron chi connectivity index (χ2n) is 8.58. The van der Waals surface area contributed by atoms with Crippen molar-refractivity contribution >= 4 is 21.6 Å². The topological polar surface area (TPSA) is 141 Å². The highest BCUT2D eigenvalue weighted by atomic mass is 32.2. The minimum absolute atomic E-state index is 0.0995. The number of carbonyl (C=O) groups is 1. The number of aryl methyl sites for hydroxylation is 1. The summed E-state index contributed by atoms with van der Waals surface area (Å²) in [6.45, 7) is 1.42. The number of carbonyl (C=O) groups excluding carboxylic acids is 1. The van der Waals surface area contributed by atoms with E-state index in [1.807, 2.05) is 0 Å². The predicted molar refractivity (Wildman–Crippen MR) is 117 cm³/mol. The number of benzene rings is 1. The predicted octanol–water partition coefficient (Wildman–Crippen LogP) is 1.94. The number of methoxy groups -OCH3 is 1. The second kappa shape index (κ2) is 8.14. The number of hydrogen-bond acceptors (Lipinski definition) is 6. The van der Waals surface area contributed by atoms with E-state index in [0.717, 1.165) is 41.5 Å². The zero-order valence-electron chi connectivity index (χ0n) is 17.9. The number of aliphatic hydroxyl groups is 1. The molecule has 3 aliphatic rings. The number of nitrogens with two attached hydrogens (primary N) is 1. The van der Waals surface area contributed by atoms with Crippen molar-refractivity contribution in [1.29, 1.82) is 0 Å². The Balaban J connectivity index is 1.43. The molecule has 0 fully saturated rings. The van der Waals surface area contributed by atoms with E-state index >= 15 is 0 Å². The van der Waals surface area contributed by atoms with Crippen molar-refractivity contribution in [2.45, 2.75) is 49.6 Å². The lowest BCUT2D eigenvalue weighted by molar-refractivity contribution is 0.0780. The maximum absolute atomic E-state index is 13.2. The van der Waals surface area contributed by atoms with Crippen LogP contribution < -0.4 is 15.2 Å². The minimum atomic E-state index is -3.57. The third kappa shape index (κ3) is 3.68. The van der Waals surface area contributed by atoms with Crippen molar-refractivity contribution in [3.63, 3.8) is 0 Å². The molecule has 172 valence electrons. The molecule has 0 spiro atoms. The van der Waals surface area contributed by atoms with Gasteiger partial charge in [0.25, 0.3) is 0 Å². The van der Waals surface area contributed by atoms with Crippen LogP contribution in [0.2, 0.25) is 0 Å². The number of hydrogen-bond donors (Lipinski definition) is 3. The van der Waals surface area contributed by atoms with Gasteiger partial charge in [-0.15, -0.1) is 4.36 Å². The SMILES string of the molecule is COCC1COc2c(S(N)(=O)=NC(=O)Nc3c4c(cc5c3CCC5O)CCC4)cnn2C1. The lowest BCUT2D eigenvalue weighted by atomic mass is 9.98. The number of aliphatic hydroxyl groups excluding tert-OH is 1. The second-order valence-corrected chi connectivity index (χ2v) is 10.3. The van der Waals surface area contributed by atoms with Crippen molar-refractivity contribution in [3.8, 4) is 5.88 Å². The number of aromatic nitrogens is 2. The number of amides is 2. The Bertz CT molecular complexity index is 1200. The number of nitrogens with zero attached hydrogens (tertiary/aromatic N) is 3. The van der Waals surface area contributed by atoms with Crippen LogP contribution in [0.4, 0.5) is 10.5 Å². The third-order valence-corrected chi connectivity index (χ3v) is 7.73. The van der Waals surface area contributed by atoms with Gasteiger partial charge in [0.1, 0.15) is 4.90 Å². The summed E-state index contributed by atoms with van der Waals surface area (Å²) in [4.78, 5) is 12.9. The molecule has 11 heteroatoms. The molecule has 2 aromatic rings. The van der Waals surface area contributed by atoms with Crippen LogP contribution >= 0.6 is 0 Å². The highest BCUT2D eigenvalue weighted by Gasteiger charge is 2.31. The Hall–Kier alpha value is -2.47. The van der Waals surface area contributed by atoms with E-state index in [4.69, 9.17) is 14.6 Å². The molecule has 4 N–H and O–H groups in total. The number of rotatable bonds is 4. The van der Waals surface area contributed by atoms with Crippen LogP contribution in [0, 0.1) is 5.92 Å². The van der Waals surface area contributed by atoms with Gasteiger partial charge in [0.2, 0.25) is 5.88 Å². The molecule has 10 nitrogen and oxygen atoms in total. The molecule has 3 unspecified atom stereocenters. The molecule has 5 rings (SSSR count). The van der Waals surface area contributed by atoms with Crippen molar-refractivity contribution in [1.82, 2.24) is 9.78 Å². The smallest absolute Gasteiger partial charge is 0.354 e. The van der Waals surface area contributed by atoms with Gasteiger partial charge in [0.05, 0.1) is 32.1 Å². The molecule has 1 aliphatic heterocycles. The summed E-state index contributed by atoms with van der Waals surface area (Å²) in [7, 11) is -1.95. The van der Waals surface area contributed by atoms with E-state index in [1.54, 1.807) is 11.8 Å². The van der Waals surface area contributed by atoms with Crippen molar-refractivity contribution in [2.24, 2.45) is 15.4 Å². The molecule has 0 radical (unpaired) electrons. The number of nitrogens with one attached hydrogen (secondary N) is 1. The van der Waals surface area contributed by atoms with E-state index in [0.29, 0.717) is 38.3 Å². The first-order chi connectivity index (χ1) is 15.4. The lowest BCUT2D eigenvalue weighted by Gasteiger charge is -2.24. The molecule has 2 aliphatic carbocycles. The van der Waals surface area contributed by atoms with Crippen molar-refractivity contribution in [3.05, 3.63) is 34.5 Å². The van der Waals surface area contributed by atoms with E-state index in [1.165, 1.54) is 6.20 Å². The summed E-state index contributed by atoms with van der Waals surface area (Å²) in [6.07, 6.45) is 4.86. The first kappa shape index (κ1) is 21.4. The minimum Gasteiger partial charge on any atom is -0.476 e. The molecule has 3 atom stereocenters. The summed E-state index contributed by atoms with van der Waals surface area (Å²) in [5.74, 6) is 0.387. The Labute approximate surface area is 186 Å². The fourth-order valence-electron chi connectivity index (χ4n) is 4.93. The third-order valence-electron chi connectivity index (χ3n) is 6.38. The summed E-state index contributed by atoms with van der Waals surface area (Å²) in [5, 5.41) is 23.4. The van der Waals surface area contributed by atoms with Gasteiger partial charge in [-0.05, 0) is 54.4 Å². The summed E-state index contributed by atoms with van der Waals surface area (Å²) >= 11 is 0. The maximum Gasteiger partial charge on any atom is 0.354 e. The van der Waals surface area contributed by atoms with Gasteiger partial charge in [-0.2, -0.15) is 5.10 Å². The van der Waals surface area contributed by atoms with Gasteiger partial charge >= 0.3 is 6.03 Å². The first-order valence-corrected chi connectivity index (χ1v) is 12.3. The van der Waals surface area contributed by atoms with Gasteiger partial charge < -0.3 is 19.9 Å². The molecule has 1 aromatic carbocycles. The highest BCUT2D eigenvalue weighted by Crippen LogP contribution is 2.42. The number of urea groups is 1. The van der Waals surface area contributed by atoms with E-state index in [-0.39, 0.29) is 16.7 Å². The summed E-state index contributed by atoms with van der Waals surface area (Å²) in [6, 6.07) is 1.27. The van der Waals surface area contributed by atoms with Gasteiger partial charge in [-0.1, -0.05) is 6.07 Å². The average molecular weight is 462 g/mol. The first-order valence-electron chi connectivity index (χ1n) is 10.8. The van der Waals surface area contributed by atoms with Crippen LogP contribution in [-0.2, 0) is 40.5 Å². The normalized spacial score (nSPS) is 23.0. The molecular weight excluding hydrogens is 434 g/mol. The van der Waals surface area contributed by atoms with Gasteiger partial charge in [0.15, 0.2) is 9.92 Å². The van der Waals surface area contributed by atoms with E-state index in [2.05, 4.69) is 20.8 Å². The molecule has 0 saturated heterocycles. The molecular formula is C21H27N5O5S. The monoisotopic (exact) mass is 461 g/mol. The van der Waals surface area contributed by atoms with Crippen LogP contribution in [0.3, 0.4) is 0 Å². The fourth-order valence-corrected chi connectivity index (χ4v) is 5.94. The molecule has 2 amide bonds. The summed E-state index contributed by atoms with van der Waals surface area (Å²) in [5.41, 5.74) is 4.68. The standard InChI is InChI=1S/C21H27N5O5S/c1-30-10-12-9-26-20(31-11-12)18(8-23-26)32(22,29)25-21(28)24-19-14-4-2-3-13(14)7-16-15(19)5-6-17(16)27/h7-8,12,17,27H,2-6,9-11H2,1H3,(H3,22,24,25,28,29). The van der Waals surface area contributed by atoms with Crippen LogP contribution in [0.1, 0.15) is 41.2 Å².